The monoisotopic (exact) mass is 688 g/mol. The predicted molar refractivity (Wildman–Crippen MR) is 174 cm³/mol. The minimum atomic E-state index is -4.98. The first kappa shape index (κ1) is 35.1. The smallest absolute Gasteiger partial charge is 0.298 e. The second-order valence-electron chi connectivity index (χ2n) is 11.4. The van der Waals surface area contributed by atoms with E-state index in [4.69, 9.17) is 9.47 Å². The van der Waals surface area contributed by atoms with E-state index in [9.17, 15) is 34.4 Å². The van der Waals surface area contributed by atoms with Gasteiger partial charge in [-0.2, -0.15) is 16.8 Å². The summed E-state index contributed by atoms with van der Waals surface area (Å²) in [6.45, 7) is 9.34. The molecule has 10 nitrogen and oxygen atoms in total. The van der Waals surface area contributed by atoms with Gasteiger partial charge < -0.3 is 9.47 Å². The SMILES string of the molecule is CCC(C)Oc1ccc(-c2ccc(Oc3ccc(S(=O)(=O)c4ccc(C(C)(C)CC)c(S(=O)(=O)O)c4)cc3S(=O)(=O)O)cc2)cc1. The van der Waals surface area contributed by atoms with E-state index in [1.165, 1.54) is 12.1 Å². The van der Waals surface area contributed by atoms with E-state index in [-0.39, 0.29) is 23.2 Å². The Morgan fingerprint density at radius 1 is 0.674 bits per heavy atom. The average Bonchev–Trinajstić information content (AvgIpc) is 3.00. The van der Waals surface area contributed by atoms with Crippen molar-refractivity contribution in [3.63, 3.8) is 0 Å². The highest BCUT2D eigenvalue weighted by molar-refractivity contribution is 7.91. The summed E-state index contributed by atoms with van der Waals surface area (Å²) in [6.07, 6.45) is 1.46. The maximum absolute atomic E-state index is 13.6. The Morgan fingerprint density at radius 2 is 1.15 bits per heavy atom. The van der Waals surface area contributed by atoms with Gasteiger partial charge in [-0.1, -0.05) is 58.0 Å². The lowest BCUT2D eigenvalue weighted by Gasteiger charge is -2.25. The Kier molecular flexibility index (Phi) is 10.0. The van der Waals surface area contributed by atoms with E-state index in [1.807, 2.05) is 45.0 Å². The lowest BCUT2D eigenvalue weighted by molar-refractivity contribution is 0.217. The molecule has 4 aromatic rings. The predicted octanol–water partition coefficient (Wildman–Crippen LogP) is 7.34. The van der Waals surface area contributed by atoms with Gasteiger partial charge in [-0.15, -0.1) is 0 Å². The molecule has 0 aliphatic heterocycles. The van der Waals surface area contributed by atoms with Crippen molar-refractivity contribution in [1.29, 1.82) is 0 Å². The van der Waals surface area contributed by atoms with Gasteiger partial charge in [0.15, 0.2) is 0 Å². The zero-order valence-electron chi connectivity index (χ0n) is 26.0. The first-order valence-corrected chi connectivity index (χ1v) is 18.8. The van der Waals surface area contributed by atoms with Crippen LogP contribution in [0.2, 0.25) is 0 Å². The van der Waals surface area contributed by atoms with E-state index in [1.54, 1.807) is 38.1 Å². The molecule has 0 saturated carbocycles. The molecule has 4 rings (SSSR count). The van der Waals surface area contributed by atoms with Crippen molar-refractivity contribution in [1.82, 2.24) is 0 Å². The third kappa shape index (κ3) is 7.78. The van der Waals surface area contributed by atoms with Crippen molar-refractivity contribution >= 4 is 30.1 Å². The van der Waals surface area contributed by atoms with Crippen molar-refractivity contribution in [2.24, 2.45) is 0 Å². The summed E-state index contributed by atoms with van der Waals surface area (Å²) >= 11 is 0. The van der Waals surface area contributed by atoms with Gasteiger partial charge in [0.25, 0.3) is 20.2 Å². The summed E-state index contributed by atoms with van der Waals surface area (Å²) in [5, 5.41) is 0. The molecular weight excluding hydrogens is 653 g/mol. The van der Waals surface area contributed by atoms with Crippen LogP contribution in [-0.4, -0.2) is 40.5 Å². The molecule has 0 aliphatic rings. The molecule has 13 heteroatoms. The number of hydrogen-bond donors (Lipinski definition) is 2. The molecule has 0 fully saturated rings. The minimum absolute atomic E-state index is 0.0896. The maximum atomic E-state index is 13.6. The van der Waals surface area contributed by atoms with Crippen LogP contribution in [0.15, 0.2) is 105 Å². The standard InChI is InChI=1S/C33H36O10S3/c1-6-22(3)42-25-12-8-23(9-13-25)24-10-14-26(15-11-24)43-30-19-17-28(21-32(30)46(39,40)41)44(34,35)27-16-18-29(33(4,5)7-2)31(20-27)45(36,37)38/h8-22H,6-7H2,1-5H3,(H,36,37,38)(H,39,40,41). The van der Waals surface area contributed by atoms with Gasteiger partial charge in [0.1, 0.15) is 22.1 Å². The van der Waals surface area contributed by atoms with Crippen molar-refractivity contribution < 1.29 is 43.8 Å². The summed E-state index contributed by atoms with van der Waals surface area (Å²) in [6, 6.07) is 20.4. The molecule has 4 aromatic carbocycles. The molecule has 246 valence electrons. The summed E-state index contributed by atoms with van der Waals surface area (Å²) in [4.78, 5) is -2.43. The Hall–Kier alpha value is -3.75. The van der Waals surface area contributed by atoms with Crippen LogP contribution in [0.25, 0.3) is 11.1 Å². The first-order valence-electron chi connectivity index (χ1n) is 14.4. The summed E-state index contributed by atoms with van der Waals surface area (Å²) < 4.78 is 108. The van der Waals surface area contributed by atoms with Crippen molar-refractivity contribution in [2.75, 3.05) is 0 Å². The van der Waals surface area contributed by atoms with E-state index in [0.29, 0.717) is 6.42 Å². The van der Waals surface area contributed by atoms with Gasteiger partial charge in [0.2, 0.25) is 9.84 Å². The molecule has 1 unspecified atom stereocenters. The Balaban J connectivity index is 1.66. The van der Waals surface area contributed by atoms with E-state index in [2.05, 4.69) is 0 Å². The number of sulfone groups is 1. The normalized spacial score (nSPS) is 13.3. The van der Waals surface area contributed by atoms with Gasteiger partial charge in [-0.25, -0.2) is 8.42 Å². The molecule has 0 saturated heterocycles. The van der Waals surface area contributed by atoms with Crippen LogP contribution in [0, 0.1) is 0 Å². The highest BCUT2D eigenvalue weighted by atomic mass is 32.2. The minimum Gasteiger partial charge on any atom is -0.491 e. The first-order chi connectivity index (χ1) is 21.4. The van der Waals surface area contributed by atoms with Crippen LogP contribution in [0.4, 0.5) is 0 Å². The van der Waals surface area contributed by atoms with Gasteiger partial charge in [-0.05, 0) is 96.5 Å². The van der Waals surface area contributed by atoms with E-state index in [0.717, 1.165) is 47.6 Å². The lowest BCUT2D eigenvalue weighted by atomic mass is 9.82. The maximum Gasteiger partial charge on any atom is 0.298 e. The number of benzene rings is 4. The summed E-state index contributed by atoms with van der Waals surface area (Å²) in [5.74, 6) is 0.630. The van der Waals surface area contributed by atoms with Gasteiger partial charge in [0.05, 0.1) is 20.8 Å². The molecular formula is C33H36O10S3. The average molecular weight is 689 g/mol. The van der Waals surface area contributed by atoms with Crippen LogP contribution in [0.5, 0.6) is 17.2 Å². The topological polar surface area (TPSA) is 161 Å². The highest BCUT2D eigenvalue weighted by Gasteiger charge is 2.31. The van der Waals surface area contributed by atoms with Crippen LogP contribution in [-0.2, 0) is 35.5 Å². The second-order valence-corrected chi connectivity index (χ2v) is 16.2. The molecule has 0 bridgehead atoms. The Morgan fingerprint density at radius 3 is 1.63 bits per heavy atom. The number of ether oxygens (including phenoxy) is 2. The summed E-state index contributed by atoms with van der Waals surface area (Å²) in [5.41, 5.74) is 1.25. The fourth-order valence-electron chi connectivity index (χ4n) is 4.59. The molecule has 1 atom stereocenters. The molecule has 0 aliphatic carbocycles. The number of hydrogen-bond acceptors (Lipinski definition) is 8. The van der Waals surface area contributed by atoms with Gasteiger partial charge >= 0.3 is 0 Å². The lowest BCUT2D eigenvalue weighted by Crippen LogP contribution is -2.20. The third-order valence-electron chi connectivity index (χ3n) is 7.84. The van der Waals surface area contributed by atoms with Crippen molar-refractivity contribution in [3.8, 4) is 28.4 Å². The van der Waals surface area contributed by atoms with Crippen LogP contribution < -0.4 is 9.47 Å². The molecule has 0 spiro atoms. The van der Waals surface area contributed by atoms with Crippen molar-refractivity contribution in [2.45, 2.75) is 78.6 Å². The third-order valence-corrected chi connectivity index (χ3v) is 11.4. The van der Waals surface area contributed by atoms with Crippen LogP contribution >= 0.6 is 0 Å². The molecule has 0 amide bonds. The molecule has 0 radical (unpaired) electrons. The van der Waals surface area contributed by atoms with Crippen LogP contribution in [0.3, 0.4) is 0 Å². The zero-order valence-corrected chi connectivity index (χ0v) is 28.4. The van der Waals surface area contributed by atoms with Gasteiger partial charge in [0, 0.05) is 0 Å². The molecule has 0 heterocycles. The number of rotatable bonds is 12. The largest absolute Gasteiger partial charge is 0.491 e. The fourth-order valence-corrected chi connectivity index (χ4v) is 7.59. The van der Waals surface area contributed by atoms with Crippen molar-refractivity contribution in [3.05, 3.63) is 90.5 Å². The highest BCUT2D eigenvalue weighted by Crippen LogP contribution is 2.37. The quantitative estimate of drug-likeness (QED) is 0.144. The fraction of sp³-hybridized carbons (Fsp3) is 0.273. The zero-order chi connectivity index (χ0) is 34.1. The molecule has 0 aromatic heterocycles. The van der Waals surface area contributed by atoms with E-state index < -0.39 is 55.1 Å². The van der Waals surface area contributed by atoms with Crippen LogP contribution in [0.1, 0.15) is 53.0 Å². The Labute approximate surface area is 270 Å². The Bertz CT molecular complexity index is 2050. The summed E-state index contributed by atoms with van der Waals surface area (Å²) in [7, 11) is -14.3. The molecule has 46 heavy (non-hydrogen) atoms. The molecule has 2 N–H and O–H groups in total. The second kappa shape index (κ2) is 13.2. The van der Waals surface area contributed by atoms with E-state index >= 15 is 0 Å². The van der Waals surface area contributed by atoms with Gasteiger partial charge in [-0.3, -0.25) is 9.11 Å².